The number of nitrogens with one attached hydrogen (secondary N) is 2. The summed E-state index contributed by atoms with van der Waals surface area (Å²) in [4.78, 5) is 14.3. The number of aliphatic hydroxyl groups excluding tert-OH is 1. The van der Waals surface area contributed by atoms with E-state index < -0.39 is 0 Å². The average molecular weight is 285 g/mol. The molecular weight excluding hydrogens is 254 g/mol. The minimum Gasteiger partial charge on any atom is -0.396 e. The maximum atomic E-state index is 11.8. The van der Waals surface area contributed by atoms with Gasteiger partial charge in [-0.2, -0.15) is 0 Å². The van der Waals surface area contributed by atoms with E-state index in [2.05, 4.69) is 29.4 Å². The van der Waals surface area contributed by atoms with Crippen LogP contribution in [0.3, 0.4) is 0 Å². The Morgan fingerprint density at radius 1 is 1.35 bits per heavy atom. The van der Waals surface area contributed by atoms with Crippen molar-refractivity contribution in [3.8, 4) is 0 Å². The topological polar surface area (TPSA) is 64.6 Å². The van der Waals surface area contributed by atoms with Crippen LogP contribution in [0.2, 0.25) is 0 Å². The lowest BCUT2D eigenvalue weighted by Gasteiger charge is -2.35. The molecule has 118 valence electrons. The molecule has 2 amide bonds. The first kappa shape index (κ1) is 17.2. The molecule has 1 aliphatic heterocycles. The lowest BCUT2D eigenvalue weighted by Crippen LogP contribution is -2.48. The fourth-order valence-electron chi connectivity index (χ4n) is 2.53. The van der Waals surface area contributed by atoms with Crippen molar-refractivity contribution >= 4 is 6.03 Å². The summed E-state index contributed by atoms with van der Waals surface area (Å²) in [7, 11) is 0. The Kier molecular flexibility index (Phi) is 7.30. The minimum atomic E-state index is -0.125. The Bertz CT molecular complexity index is 297. The number of piperidine rings is 1. The van der Waals surface area contributed by atoms with E-state index in [0.717, 1.165) is 13.1 Å². The highest BCUT2D eigenvalue weighted by atomic mass is 16.3. The van der Waals surface area contributed by atoms with Crippen LogP contribution in [0.25, 0.3) is 0 Å². The summed E-state index contributed by atoms with van der Waals surface area (Å²) in [5.41, 5.74) is 0. The van der Waals surface area contributed by atoms with Crippen molar-refractivity contribution < 1.29 is 9.90 Å². The van der Waals surface area contributed by atoms with Crippen molar-refractivity contribution in [1.29, 1.82) is 0 Å². The van der Waals surface area contributed by atoms with E-state index in [-0.39, 0.29) is 24.6 Å². The first-order chi connectivity index (χ1) is 9.43. The highest BCUT2D eigenvalue weighted by Crippen LogP contribution is 2.17. The number of nitrogens with zero attached hydrogens (tertiary/aromatic N) is 1. The third kappa shape index (κ3) is 5.67. The van der Waals surface area contributed by atoms with Crippen LogP contribution < -0.4 is 10.6 Å². The molecule has 5 heteroatoms. The van der Waals surface area contributed by atoms with Gasteiger partial charge in [0.15, 0.2) is 0 Å². The van der Waals surface area contributed by atoms with Crippen molar-refractivity contribution in [3.63, 3.8) is 0 Å². The van der Waals surface area contributed by atoms with Crippen molar-refractivity contribution in [2.75, 3.05) is 26.2 Å². The van der Waals surface area contributed by atoms with E-state index >= 15 is 0 Å². The molecule has 3 unspecified atom stereocenters. The Hall–Kier alpha value is -0.810. The fourth-order valence-corrected chi connectivity index (χ4v) is 2.53. The molecule has 3 atom stereocenters. The van der Waals surface area contributed by atoms with Gasteiger partial charge in [-0.25, -0.2) is 4.79 Å². The monoisotopic (exact) mass is 285 g/mol. The number of urea groups is 1. The summed E-state index contributed by atoms with van der Waals surface area (Å²) in [6.45, 7) is 11.4. The molecule has 20 heavy (non-hydrogen) atoms. The van der Waals surface area contributed by atoms with Gasteiger partial charge in [-0.15, -0.1) is 0 Å². The molecule has 0 aromatic rings. The Morgan fingerprint density at radius 3 is 2.65 bits per heavy atom. The van der Waals surface area contributed by atoms with Crippen LogP contribution in [0, 0.1) is 11.8 Å². The lowest BCUT2D eigenvalue weighted by molar-refractivity contribution is 0.138. The molecule has 1 rings (SSSR count). The molecule has 0 spiro atoms. The molecule has 0 aromatic heterocycles. The molecule has 1 aliphatic rings. The zero-order valence-electron chi connectivity index (χ0n) is 13.4. The van der Waals surface area contributed by atoms with Crippen LogP contribution in [0.5, 0.6) is 0 Å². The molecule has 0 aromatic carbocycles. The third-order valence-corrected chi connectivity index (χ3v) is 4.33. The summed E-state index contributed by atoms with van der Waals surface area (Å²) in [5.74, 6) is 0.620. The largest absolute Gasteiger partial charge is 0.396 e. The number of likely N-dealkylation sites (tertiary alicyclic amines) is 1. The van der Waals surface area contributed by atoms with E-state index in [9.17, 15) is 4.79 Å². The van der Waals surface area contributed by atoms with E-state index in [1.54, 1.807) is 0 Å². The first-order valence-electron chi connectivity index (χ1n) is 7.83. The van der Waals surface area contributed by atoms with Gasteiger partial charge in [0, 0.05) is 31.8 Å². The van der Waals surface area contributed by atoms with Crippen molar-refractivity contribution in [2.45, 2.75) is 52.6 Å². The molecule has 0 radical (unpaired) electrons. The lowest BCUT2D eigenvalue weighted by atomic mass is 9.97. The van der Waals surface area contributed by atoms with Gasteiger partial charge in [0.25, 0.3) is 0 Å². The summed E-state index contributed by atoms with van der Waals surface area (Å²) in [6.07, 6.45) is 2.40. The summed E-state index contributed by atoms with van der Waals surface area (Å²) < 4.78 is 0. The van der Waals surface area contributed by atoms with Crippen molar-refractivity contribution in [2.24, 2.45) is 11.8 Å². The van der Waals surface area contributed by atoms with Gasteiger partial charge in [0.1, 0.15) is 0 Å². The zero-order chi connectivity index (χ0) is 15.1. The highest BCUT2D eigenvalue weighted by Gasteiger charge is 2.22. The molecule has 3 N–H and O–H groups in total. The number of carbonyl (C=O) groups excluding carboxylic acids is 1. The van der Waals surface area contributed by atoms with Crippen molar-refractivity contribution in [1.82, 2.24) is 15.5 Å². The summed E-state index contributed by atoms with van der Waals surface area (Å²) in [6, 6.07) is 0.440. The van der Waals surface area contributed by atoms with E-state index in [0.29, 0.717) is 12.0 Å². The SMILES string of the molecule is CC(CO)C(C)NC(=O)NCC1CCCN(C(C)C)C1. The molecule has 0 bridgehead atoms. The predicted molar refractivity (Wildman–Crippen MR) is 81.7 cm³/mol. The standard InChI is InChI=1S/C15H31N3O2/c1-11(2)18-7-5-6-14(9-18)8-16-15(20)17-13(4)12(3)10-19/h11-14,19H,5-10H2,1-4H3,(H2,16,17,20). The van der Waals surface area contributed by atoms with Crippen LogP contribution in [-0.2, 0) is 0 Å². The fraction of sp³-hybridized carbons (Fsp3) is 0.933. The Balaban J connectivity index is 2.27. The van der Waals surface area contributed by atoms with E-state index in [1.807, 2.05) is 13.8 Å². The molecular formula is C15H31N3O2. The molecule has 1 heterocycles. The molecule has 5 nitrogen and oxygen atoms in total. The normalized spacial score (nSPS) is 23.4. The first-order valence-corrected chi connectivity index (χ1v) is 7.83. The predicted octanol–water partition coefficient (Wildman–Crippen LogP) is 1.42. The van der Waals surface area contributed by atoms with Gasteiger partial charge in [-0.1, -0.05) is 6.92 Å². The molecule has 1 saturated heterocycles. The number of aliphatic hydroxyl groups is 1. The molecule has 0 saturated carbocycles. The van der Waals surface area contributed by atoms with Crippen LogP contribution in [0.1, 0.15) is 40.5 Å². The average Bonchev–Trinajstić information content (AvgIpc) is 2.44. The van der Waals surface area contributed by atoms with Crippen LogP contribution in [0.15, 0.2) is 0 Å². The smallest absolute Gasteiger partial charge is 0.315 e. The Morgan fingerprint density at radius 2 is 2.05 bits per heavy atom. The second kappa shape index (κ2) is 8.47. The van der Waals surface area contributed by atoms with Gasteiger partial charge in [0.05, 0.1) is 0 Å². The number of hydrogen-bond acceptors (Lipinski definition) is 3. The number of hydrogen-bond donors (Lipinski definition) is 3. The van der Waals surface area contributed by atoms with E-state index in [1.165, 1.54) is 19.4 Å². The minimum absolute atomic E-state index is 0.0153. The van der Waals surface area contributed by atoms with Gasteiger partial charge >= 0.3 is 6.03 Å². The van der Waals surface area contributed by atoms with Gasteiger partial charge in [-0.3, -0.25) is 0 Å². The summed E-state index contributed by atoms with van der Waals surface area (Å²) >= 11 is 0. The maximum Gasteiger partial charge on any atom is 0.315 e. The summed E-state index contributed by atoms with van der Waals surface area (Å²) in [5, 5.41) is 14.9. The quantitative estimate of drug-likeness (QED) is 0.691. The van der Waals surface area contributed by atoms with Crippen LogP contribution in [0.4, 0.5) is 4.79 Å². The second-order valence-corrected chi connectivity index (χ2v) is 6.40. The number of carbonyl (C=O) groups is 1. The van der Waals surface area contributed by atoms with Gasteiger partial charge in [-0.05, 0) is 52.0 Å². The number of rotatable bonds is 6. The van der Waals surface area contributed by atoms with Crippen LogP contribution in [-0.4, -0.2) is 54.4 Å². The third-order valence-electron chi connectivity index (χ3n) is 4.33. The van der Waals surface area contributed by atoms with Gasteiger partial charge in [0.2, 0.25) is 0 Å². The van der Waals surface area contributed by atoms with Gasteiger partial charge < -0.3 is 20.6 Å². The molecule has 0 aliphatic carbocycles. The zero-order valence-corrected chi connectivity index (χ0v) is 13.4. The molecule has 1 fully saturated rings. The highest BCUT2D eigenvalue weighted by molar-refractivity contribution is 5.74. The second-order valence-electron chi connectivity index (χ2n) is 6.40. The van der Waals surface area contributed by atoms with E-state index in [4.69, 9.17) is 5.11 Å². The Labute approximate surface area is 123 Å². The number of amides is 2. The maximum absolute atomic E-state index is 11.8. The van der Waals surface area contributed by atoms with Crippen LogP contribution >= 0.6 is 0 Å². The van der Waals surface area contributed by atoms with Crippen molar-refractivity contribution in [3.05, 3.63) is 0 Å².